The van der Waals surface area contributed by atoms with Crippen molar-refractivity contribution in [3.05, 3.63) is 46.6 Å². The van der Waals surface area contributed by atoms with E-state index in [1.54, 1.807) is 0 Å². The highest BCUT2D eigenvalue weighted by molar-refractivity contribution is 5.86. The van der Waals surface area contributed by atoms with E-state index in [4.69, 9.17) is 28.1 Å². The summed E-state index contributed by atoms with van der Waals surface area (Å²) in [6.45, 7) is -0.550. The molecule has 1 aromatic heterocycles. The van der Waals surface area contributed by atoms with Crippen molar-refractivity contribution in [3.63, 3.8) is 0 Å². The summed E-state index contributed by atoms with van der Waals surface area (Å²) < 4.78 is 33.2. The average molecular weight is 593 g/mol. The summed E-state index contributed by atoms with van der Waals surface area (Å²) >= 11 is 0. The first kappa shape index (κ1) is 29.5. The Kier molecular flexibility index (Phi) is 8.00. The Morgan fingerprint density at radius 2 is 1.76 bits per heavy atom. The first-order valence-corrected chi connectivity index (χ1v) is 12.7. The molecule has 15 nitrogen and oxygen atoms in total. The number of aliphatic hydroxyl groups is 4. The minimum Gasteiger partial charge on any atom is -0.507 e. The van der Waals surface area contributed by atoms with Gasteiger partial charge in [0.1, 0.15) is 46.5 Å². The van der Waals surface area contributed by atoms with E-state index in [2.05, 4.69) is 0 Å². The Morgan fingerprint density at radius 3 is 2.45 bits per heavy atom. The standard InChI is InChI=1S/C27H28O15/c1-11(29)42-27(9-28)10-38-26(24(27)36)41-23-22(35)18(34)8-37-25(23)39-13-5-16(32)21-17(33)7-19(40-20(21)6-13)12-2-3-14(30)15(31)4-12/h2-7,18,22-26,28,30-32,34-36H,8-10H2,1H3. The van der Waals surface area contributed by atoms with Crippen molar-refractivity contribution in [3.8, 4) is 34.3 Å². The van der Waals surface area contributed by atoms with Crippen molar-refractivity contribution in [1.82, 2.24) is 0 Å². The highest BCUT2D eigenvalue weighted by Gasteiger charge is 2.55. The summed E-state index contributed by atoms with van der Waals surface area (Å²) in [4.78, 5) is 24.3. The second-order valence-corrected chi connectivity index (χ2v) is 9.91. The number of aliphatic hydroxyl groups excluding tert-OH is 4. The molecule has 2 aliphatic rings. The summed E-state index contributed by atoms with van der Waals surface area (Å²) in [5.41, 5.74) is -2.33. The van der Waals surface area contributed by atoms with Gasteiger partial charge in [-0.2, -0.15) is 0 Å². The van der Waals surface area contributed by atoms with Gasteiger partial charge in [-0.1, -0.05) is 0 Å². The number of carbonyl (C=O) groups excluding carboxylic acids is 1. The second kappa shape index (κ2) is 11.4. The molecular weight excluding hydrogens is 564 g/mol. The lowest BCUT2D eigenvalue weighted by molar-refractivity contribution is -0.298. The van der Waals surface area contributed by atoms with Crippen LogP contribution in [0.2, 0.25) is 0 Å². The Bertz CT molecular complexity index is 1540. The lowest BCUT2D eigenvalue weighted by atomic mass is 10.00. The van der Waals surface area contributed by atoms with Gasteiger partial charge in [0.2, 0.25) is 6.29 Å². The van der Waals surface area contributed by atoms with Crippen LogP contribution in [0.4, 0.5) is 0 Å². The van der Waals surface area contributed by atoms with Crippen molar-refractivity contribution in [2.24, 2.45) is 0 Å². The Hall–Kier alpha value is -3.96. The summed E-state index contributed by atoms with van der Waals surface area (Å²) in [7, 11) is 0. The van der Waals surface area contributed by atoms with Crippen molar-refractivity contribution in [1.29, 1.82) is 0 Å². The Labute approximate surface area is 236 Å². The fourth-order valence-electron chi connectivity index (χ4n) is 4.74. The van der Waals surface area contributed by atoms with Crippen molar-refractivity contribution < 1.29 is 68.6 Å². The summed E-state index contributed by atoms with van der Waals surface area (Å²) in [6, 6.07) is 7.20. The van der Waals surface area contributed by atoms with E-state index < -0.39 is 85.3 Å². The lowest BCUT2D eigenvalue weighted by Gasteiger charge is -2.39. The minimum atomic E-state index is -1.83. The number of fused-ring (bicyclic) bond motifs is 1. The minimum absolute atomic E-state index is 0.000497. The van der Waals surface area contributed by atoms with Crippen LogP contribution in [0, 0.1) is 0 Å². The SMILES string of the molecule is CC(=O)OC1(CO)COC(OC2C(Oc3cc(O)c4c(=O)cc(-c5ccc(O)c(O)c5)oc4c3)OCC(O)C2O)C1O. The highest BCUT2D eigenvalue weighted by Crippen LogP contribution is 2.36. The van der Waals surface area contributed by atoms with Crippen LogP contribution in [0.3, 0.4) is 0 Å². The van der Waals surface area contributed by atoms with Crippen molar-refractivity contribution in [2.45, 2.75) is 49.5 Å². The molecule has 7 atom stereocenters. The van der Waals surface area contributed by atoms with E-state index in [9.17, 15) is 45.3 Å². The van der Waals surface area contributed by atoms with Crippen LogP contribution in [0.25, 0.3) is 22.3 Å². The molecule has 0 amide bonds. The number of esters is 1. The van der Waals surface area contributed by atoms with Gasteiger partial charge in [-0.15, -0.1) is 0 Å². The molecule has 226 valence electrons. The zero-order valence-electron chi connectivity index (χ0n) is 21.9. The largest absolute Gasteiger partial charge is 0.507 e. The van der Waals surface area contributed by atoms with Gasteiger partial charge in [0, 0.05) is 30.7 Å². The van der Waals surface area contributed by atoms with E-state index >= 15 is 0 Å². The number of phenols is 3. The quantitative estimate of drug-likeness (QED) is 0.134. The summed E-state index contributed by atoms with van der Waals surface area (Å²) in [5.74, 6) is -2.26. The van der Waals surface area contributed by atoms with Crippen molar-refractivity contribution in [2.75, 3.05) is 19.8 Å². The Balaban J connectivity index is 1.43. The molecule has 7 N–H and O–H groups in total. The molecule has 2 fully saturated rings. The van der Waals surface area contributed by atoms with Crippen molar-refractivity contribution >= 4 is 16.9 Å². The van der Waals surface area contributed by atoms with E-state index in [0.29, 0.717) is 0 Å². The fraction of sp³-hybridized carbons (Fsp3) is 0.407. The maximum absolute atomic E-state index is 12.8. The summed E-state index contributed by atoms with van der Waals surface area (Å²) in [6.07, 6.45) is -9.30. The van der Waals surface area contributed by atoms with Crippen LogP contribution in [-0.2, 0) is 23.7 Å². The molecular formula is C27H28O15. The van der Waals surface area contributed by atoms with Crippen LogP contribution in [0.5, 0.6) is 23.0 Å². The monoisotopic (exact) mass is 592 g/mol. The number of ether oxygens (including phenoxy) is 5. The lowest BCUT2D eigenvalue weighted by Crippen LogP contribution is -2.58. The predicted octanol–water partition coefficient (Wildman–Crippen LogP) is -0.570. The molecule has 0 spiro atoms. The van der Waals surface area contributed by atoms with E-state index in [-0.39, 0.29) is 33.8 Å². The fourth-order valence-corrected chi connectivity index (χ4v) is 4.74. The number of benzene rings is 2. The third-order valence-corrected chi connectivity index (χ3v) is 6.92. The third-order valence-electron chi connectivity index (χ3n) is 6.92. The van der Waals surface area contributed by atoms with Crippen LogP contribution in [-0.4, -0.2) is 104 Å². The molecule has 42 heavy (non-hydrogen) atoms. The molecule has 2 aromatic carbocycles. The second-order valence-electron chi connectivity index (χ2n) is 9.91. The van der Waals surface area contributed by atoms with Gasteiger partial charge >= 0.3 is 5.97 Å². The number of aromatic hydroxyl groups is 3. The first-order chi connectivity index (χ1) is 19.9. The molecule has 2 aliphatic heterocycles. The molecule has 15 heteroatoms. The number of carbonyl (C=O) groups is 1. The molecule has 0 radical (unpaired) electrons. The molecule has 2 saturated heterocycles. The van der Waals surface area contributed by atoms with Gasteiger partial charge in [0.25, 0.3) is 0 Å². The van der Waals surface area contributed by atoms with Gasteiger partial charge < -0.3 is 63.8 Å². The van der Waals surface area contributed by atoms with Gasteiger partial charge in [-0.05, 0) is 18.2 Å². The molecule has 3 heterocycles. The number of rotatable bonds is 7. The van der Waals surface area contributed by atoms with Crippen LogP contribution in [0.1, 0.15) is 6.92 Å². The summed E-state index contributed by atoms with van der Waals surface area (Å²) in [5, 5.41) is 71.2. The molecule has 0 aliphatic carbocycles. The first-order valence-electron chi connectivity index (χ1n) is 12.7. The zero-order chi connectivity index (χ0) is 30.3. The third kappa shape index (κ3) is 5.46. The predicted molar refractivity (Wildman–Crippen MR) is 137 cm³/mol. The molecule has 7 unspecified atom stereocenters. The number of hydrogen-bond acceptors (Lipinski definition) is 15. The smallest absolute Gasteiger partial charge is 0.303 e. The van der Waals surface area contributed by atoms with E-state index in [0.717, 1.165) is 19.1 Å². The topological polar surface area (TPSA) is 235 Å². The van der Waals surface area contributed by atoms with Gasteiger partial charge in [0.05, 0.1) is 19.8 Å². The van der Waals surface area contributed by atoms with Crippen LogP contribution >= 0.6 is 0 Å². The van der Waals surface area contributed by atoms with Gasteiger partial charge in [-0.25, -0.2) is 0 Å². The maximum Gasteiger partial charge on any atom is 0.303 e. The van der Waals surface area contributed by atoms with Gasteiger partial charge in [-0.3, -0.25) is 9.59 Å². The highest BCUT2D eigenvalue weighted by atomic mass is 16.8. The van der Waals surface area contributed by atoms with Crippen LogP contribution < -0.4 is 10.2 Å². The van der Waals surface area contributed by atoms with Gasteiger partial charge in [0.15, 0.2) is 34.9 Å². The number of hydrogen-bond donors (Lipinski definition) is 7. The van der Waals surface area contributed by atoms with Crippen LogP contribution in [0.15, 0.2) is 45.6 Å². The van der Waals surface area contributed by atoms with E-state index in [1.807, 2.05) is 0 Å². The average Bonchev–Trinajstić information content (AvgIpc) is 3.23. The maximum atomic E-state index is 12.8. The molecule has 5 rings (SSSR count). The zero-order valence-corrected chi connectivity index (χ0v) is 21.9. The van der Waals surface area contributed by atoms with E-state index in [1.165, 1.54) is 24.3 Å². The Morgan fingerprint density at radius 1 is 1.00 bits per heavy atom. The molecule has 0 saturated carbocycles. The number of phenolic OH excluding ortho intramolecular Hbond substituents is 3. The molecule has 0 bridgehead atoms. The normalized spacial score (nSPS) is 29.5. The molecule has 3 aromatic rings.